The van der Waals surface area contributed by atoms with Crippen molar-refractivity contribution in [3.05, 3.63) is 41.0 Å². The molecule has 6 nitrogen and oxygen atoms in total. The van der Waals surface area contributed by atoms with Gasteiger partial charge in [-0.3, -0.25) is 9.82 Å². The maximum absolute atomic E-state index is 12.4. The van der Waals surface area contributed by atoms with Crippen LogP contribution in [0.2, 0.25) is 5.02 Å². The van der Waals surface area contributed by atoms with Crippen LogP contribution in [0, 0.1) is 0 Å². The molecule has 1 heterocycles. The fourth-order valence-electron chi connectivity index (χ4n) is 1.96. The van der Waals surface area contributed by atoms with Crippen molar-refractivity contribution in [3.63, 3.8) is 0 Å². The molecule has 0 aliphatic heterocycles. The number of nitrogens with zero attached hydrogens (tertiary/aromatic N) is 1. The van der Waals surface area contributed by atoms with E-state index in [9.17, 15) is 8.42 Å². The maximum Gasteiger partial charge on any atom is 0.279 e. The van der Waals surface area contributed by atoms with Crippen molar-refractivity contribution < 1.29 is 8.42 Å². The summed E-state index contributed by atoms with van der Waals surface area (Å²) in [6.07, 6.45) is 3.81. The number of aromatic amines is 1. The molecular weight excluding hydrogens is 312 g/mol. The number of halogens is 1. The topological polar surface area (TPSA) is 86.9 Å². The highest BCUT2D eigenvalue weighted by Crippen LogP contribution is 2.22. The molecule has 1 fully saturated rings. The summed E-state index contributed by atoms with van der Waals surface area (Å²) in [5, 5.41) is 10.2. The Kier molecular flexibility index (Phi) is 3.88. The minimum atomic E-state index is -3.71. The molecule has 3 rings (SSSR count). The first-order valence-electron chi connectivity index (χ1n) is 6.58. The predicted octanol–water partition coefficient (Wildman–Crippen LogP) is 2.12. The van der Waals surface area contributed by atoms with Crippen LogP contribution in [0.4, 0.5) is 5.69 Å². The summed E-state index contributed by atoms with van der Waals surface area (Å²) in [5.74, 6) is 0. The molecule has 1 aromatic carbocycles. The van der Waals surface area contributed by atoms with Gasteiger partial charge in [-0.05, 0) is 31.0 Å². The van der Waals surface area contributed by atoms with E-state index in [4.69, 9.17) is 11.6 Å². The summed E-state index contributed by atoms with van der Waals surface area (Å²) < 4.78 is 27.3. The van der Waals surface area contributed by atoms with Gasteiger partial charge in [0.15, 0.2) is 5.03 Å². The highest BCUT2D eigenvalue weighted by atomic mass is 35.5. The van der Waals surface area contributed by atoms with Crippen LogP contribution in [-0.4, -0.2) is 24.7 Å². The van der Waals surface area contributed by atoms with E-state index >= 15 is 0 Å². The highest BCUT2D eigenvalue weighted by molar-refractivity contribution is 7.92. The molecule has 0 atom stereocenters. The Bertz CT molecular complexity index is 740. The molecule has 0 amide bonds. The molecule has 1 saturated carbocycles. The molecule has 112 valence electrons. The average molecular weight is 327 g/mol. The summed E-state index contributed by atoms with van der Waals surface area (Å²) >= 11 is 5.86. The van der Waals surface area contributed by atoms with Gasteiger partial charge < -0.3 is 5.32 Å². The van der Waals surface area contributed by atoms with Crippen LogP contribution < -0.4 is 10.0 Å². The third-order valence-corrected chi connectivity index (χ3v) is 4.81. The van der Waals surface area contributed by atoms with Crippen molar-refractivity contribution >= 4 is 27.3 Å². The smallest absolute Gasteiger partial charge is 0.279 e. The van der Waals surface area contributed by atoms with Crippen LogP contribution in [0.15, 0.2) is 35.5 Å². The summed E-state index contributed by atoms with van der Waals surface area (Å²) in [7, 11) is -3.71. The van der Waals surface area contributed by atoms with Crippen LogP contribution in [0.5, 0.6) is 0 Å². The van der Waals surface area contributed by atoms with Crippen molar-refractivity contribution in [2.45, 2.75) is 30.5 Å². The average Bonchev–Trinajstić information content (AvgIpc) is 3.12. The Hall–Kier alpha value is -1.57. The number of benzene rings is 1. The Labute approximate surface area is 128 Å². The highest BCUT2D eigenvalue weighted by Gasteiger charge is 2.24. The van der Waals surface area contributed by atoms with E-state index in [0.29, 0.717) is 28.9 Å². The Morgan fingerprint density at radius 2 is 2.19 bits per heavy atom. The zero-order valence-corrected chi connectivity index (χ0v) is 12.7. The van der Waals surface area contributed by atoms with Gasteiger partial charge in [-0.2, -0.15) is 13.5 Å². The number of hydrogen-bond acceptors (Lipinski definition) is 4. The minimum Gasteiger partial charge on any atom is -0.310 e. The SMILES string of the molecule is O=S(=O)(Nc1cccc(Cl)c1)c1[nH]ncc1CNC1CC1. The number of aromatic nitrogens is 2. The lowest BCUT2D eigenvalue weighted by atomic mass is 10.3. The fourth-order valence-corrected chi connectivity index (χ4v) is 3.33. The molecule has 0 radical (unpaired) electrons. The fraction of sp³-hybridized carbons (Fsp3) is 0.308. The standard InChI is InChI=1S/C13H15ClN4O2S/c14-10-2-1-3-12(6-10)18-21(19,20)13-9(8-16-17-13)7-15-11-4-5-11/h1-3,6,8,11,15,18H,4-5,7H2,(H,16,17). The largest absolute Gasteiger partial charge is 0.310 e. The molecule has 1 aliphatic rings. The molecule has 1 aromatic heterocycles. The zero-order chi connectivity index (χ0) is 14.9. The van der Waals surface area contributed by atoms with Crippen LogP contribution in [0.25, 0.3) is 0 Å². The van der Waals surface area contributed by atoms with Crippen molar-refractivity contribution in [1.82, 2.24) is 15.5 Å². The molecular formula is C13H15ClN4O2S. The van der Waals surface area contributed by atoms with E-state index in [1.807, 2.05) is 0 Å². The van der Waals surface area contributed by atoms with E-state index < -0.39 is 10.0 Å². The molecule has 21 heavy (non-hydrogen) atoms. The second-order valence-corrected chi connectivity index (χ2v) is 7.05. The number of anilines is 1. The third-order valence-electron chi connectivity index (χ3n) is 3.18. The lowest BCUT2D eigenvalue weighted by Gasteiger charge is -2.09. The zero-order valence-electron chi connectivity index (χ0n) is 11.1. The van der Waals surface area contributed by atoms with Gasteiger partial charge in [-0.15, -0.1) is 0 Å². The molecule has 1 aliphatic carbocycles. The number of hydrogen-bond donors (Lipinski definition) is 3. The summed E-state index contributed by atoms with van der Waals surface area (Å²) in [6, 6.07) is 7.05. The quantitative estimate of drug-likeness (QED) is 0.759. The van der Waals surface area contributed by atoms with E-state index in [1.165, 1.54) is 6.20 Å². The maximum atomic E-state index is 12.4. The van der Waals surface area contributed by atoms with Gasteiger partial charge in [-0.25, -0.2) is 0 Å². The summed E-state index contributed by atoms with van der Waals surface area (Å²) in [6.45, 7) is 0.479. The van der Waals surface area contributed by atoms with E-state index in [0.717, 1.165) is 12.8 Å². The first-order chi connectivity index (χ1) is 10.0. The molecule has 3 N–H and O–H groups in total. The van der Waals surface area contributed by atoms with Gasteiger partial charge in [0, 0.05) is 23.2 Å². The third kappa shape index (κ3) is 3.55. The second kappa shape index (κ2) is 5.67. The van der Waals surface area contributed by atoms with Crippen molar-refractivity contribution in [1.29, 1.82) is 0 Å². The van der Waals surface area contributed by atoms with Gasteiger partial charge in [0.1, 0.15) is 0 Å². The predicted molar refractivity (Wildman–Crippen MR) is 80.7 cm³/mol. The molecule has 8 heteroatoms. The second-order valence-electron chi connectivity index (χ2n) is 5.00. The van der Waals surface area contributed by atoms with Gasteiger partial charge in [0.05, 0.1) is 11.9 Å². The first kappa shape index (κ1) is 14.4. The van der Waals surface area contributed by atoms with E-state index in [1.54, 1.807) is 24.3 Å². The number of rotatable bonds is 6. The monoisotopic (exact) mass is 326 g/mol. The summed E-state index contributed by atoms with van der Waals surface area (Å²) in [4.78, 5) is 0. The minimum absolute atomic E-state index is 0.0793. The lowest BCUT2D eigenvalue weighted by molar-refractivity contribution is 0.593. The van der Waals surface area contributed by atoms with Crippen LogP contribution in [0.3, 0.4) is 0 Å². The van der Waals surface area contributed by atoms with Crippen LogP contribution >= 0.6 is 11.6 Å². The van der Waals surface area contributed by atoms with E-state index in [-0.39, 0.29) is 5.03 Å². The number of sulfonamides is 1. The van der Waals surface area contributed by atoms with Crippen molar-refractivity contribution in [2.24, 2.45) is 0 Å². The Balaban J connectivity index is 1.79. The van der Waals surface area contributed by atoms with Gasteiger partial charge in [0.25, 0.3) is 10.0 Å². The summed E-state index contributed by atoms with van der Waals surface area (Å²) in [5.41, 5.74) is 1.04. The number of H-pyrrole nitrogens is 1. The van der Waals surface area contributed by atoms with Gasteiger partial charge in [-0.1, -0.05) is 17.7 Å². The molecule has 0 unspecified atom stereocenters. The van der Waals surface area contributed by atoms with Crippen molar-refractivity contribution in [2.75, 3.05) is 4.72 Å². The lowest BCUT2D eigenvalue weighted by Crippen LogP contribution is -2.19. The Morgan fingerprint density at radius 1 is 1.38 bits per heavy atom. The first-order valence-corrected chi connectivity index (χ1v) is 8.45. The molecule has 2 aromatic rings. The van der Waals surface area contributed by atoms with Gasteiger partial charge >= 0.3 is 0 Å². The molecule has 0 saturated heterocycles. The van der Waals surface area contributed by atoms with E-state index in [2.05, 4.69) is 20.2 Å². The molecule has 0 spiro atoms. The Morgan fingerprint density at radius 3 is 2.90 bits per heavy atom. The van der Waals surface area contributed by atoms with Crippen LogP contribution in [0.1, 0.15) is 18.4 Å². The number of nitrogens with one attached hydrogen (secondary N) is 3. The van der Waals surface area contributed by atoms with Crippen molar-refractivity contribution in [3.8, 4) is 0 Å². The normalized spacial score (nSPS) is 15.1. The van der Waals surface area contributed by atoms with Crippen LogP contribution in [-0.2, 0) is 16.6 Å². The van der Waals surface area contributed by atoms with Gasteiger partial charge in [0.2, 0.25) is 0 Å². The molecule has 0 bridgehead atoms.